The first-order valence-electron chi connectivity index (χ1n) is 5.08. The Morgan fingerprint density at radius 2 is 2.11 bits per heavy atom. The quantitative estimate of drug-likeness (QED) is 0.851. The number of aromatic amines is 1. The van der Waals surface area contributed by atoms with E-state index < -0.39 is 15.6 Å². The van der Waals surface area contributed by atoms with Crippen LogP contribution >= 0.6 is 11.6 Å². The Bertz CT molecular complexity index is 783. The SMILES string of the molecule is CCc1nc2cc(Cl)c(S(N)(=O)=O)cc2c(=O)[nH]1. The summed E-state index contributed by atoms with van der Waals surface area (Å²) in [6, 6.07) is 2.46. The molecule has 1 aromatic heterocycles. The number of hydrogen-bond acceptors (Lipinski definition) is 4. The zero-order chi connectivity index (χ0) is 13.5. The van der Waals surface area contributed by atoms with Crippen molar-refractivity contribution in [1.29, 1.82) is 0 Å². The first-order chi connectivity index (χ1) is 8.32. The number of rotatable bonds is 2. The minimum Gasteiger partial charge on any atom is -0.310 e. The van der Waals surface area contributed by atoms with Crippen LogP contribution in [0.15, 0.2) is 21.8 Å². The van der Waals surface area contributed by atoms with E-state index in [0.717, 1.165) is 6.07 Å². The summed E-state index contributed by atoms with van der Waals surface area (Å²) in [5.74, 6) is 0.506. The van der Waals surface area contributed by atoms with Crippen molar-refractivity contribution in [2.45, 2.75) is 18.2 Å². The molecule has 0 spiro atoms. The smallest absolute Gasteiger partial charge is 0.258 e. The molecule has 0 amide bonds. The first-order valence-corrected chi connectivity index (χ1v) is 7.00. The van der Waals surface area contributed by atoms with Gasteiger partial charge in [-0.1, -0.05) is 18.5 Å². The van der Waals surface area contributed by atoms with Crippen LogP contribution in [-0.4, -0.2) is 18.4 Å². The summed E-state index contributed by atoms with van der Waals surface area (Å²) in [6.45, 7) is 1.84. The van der Waals surface area contributed by atoms with Crippen molar-refractivity contribution < 1.29 is 8.42 Å². The number of benzene rings is 1. The lowest BCUT2D eigenvalue weighted by atomic mass is 10.2. The molecule has 96 valence electrons. The number of nitrogens with zero attached hydrogens (tertiary/aromatic N) is 1. The van der Waals surface area contributed by atoms with Crippen LogP contribution in [0.25, 0.3) is 10.9 Å². The average Bonchev–Trinajstić information content (AvgIpc) is 2.26. The number of H-pyrrole nitrogens is 1. The molecule has 18 heavy (non-hydrogen) atoms. The molecule has 2 aromatic rings. The second-order valence-electron chi connectivity index (χ2n) is 3.71. The van der Waals surface area contributed by atoms with E-state index >= 15 is 0 Å². The molecule has 0 radical (unpaired) electrons. The molecule has 1 heterocycles. The Morgan fingerprint density at radius 1 is 1.44 bits per heavy atom. The number of fused-ring (bicyclic) bond motifs is 1. The number of primary sulfonamides is 1. The van der Waals surface area contributed by atoms with Crippen LogP contribution in [0, 0.1) is 0 Å². The average molecular weight is 288 g/mol. The van der Waals surface area contributed by atoms with Crippen LogP contribution in [-0.2, 0) is 16.4 Å². The minimum absolute atomic E-state index is 0.0508. The maximum Gasteiger partial charge on any atom is 0.258 e. The maximum absolute atomic E-state index is 11.8. The van der Waals surface area contributed by atoms with Gasteiger partial charge in [0.05, 0.1) is 15.9 Å². The molecule has 0 aliphatic heterocycles. The summed E-state index contributed by atoms with van der Waals surface area (Å²) in [6.07, 6.45) is 0.555. The summed E-state index contributed by atoms with van der Waals surface area (Å²) < 4.78 is 22.6. The molecule has 0 atom stereocenters. The topological polar surface area (TPSA) is 106 Å². The third-order valence-corrected chi connectivity index (χ3v) is 3.83. The van der Waals surface area contributed by atoms with Gasteiger partial charge in [-0.15, -0.1) is 0 Å². The standard InChI is InChI=1S/C10H10ClN3O3S/c1-2-9-13-7-4-6(11)8(18(12,16)17)3-5(7)10(15)14-9/h3-4H,2H2,1H3,(H2,12,16,17)(H,13,14,15). The summed E-state index contributed by atoms with van der Waals surface area (Å²) in [5.41, 5.74) is -0.0774. The van der Waals surface area contributed by atoms with Gasteiger partial charge >= 0.3 is 0 Å². The molecule has 1 aromatic carbocycles. The second kappa shape index (κ2) is 4.34. The Kier molecular flexibility index (Phi) is 3.14. The van der Waals surface area contributed by atoms with Gasteiger partial charge in [-0.2, -0.15) is 0 Å². The minimum atomic E-state index is -3.97. The van der Waals surface area contributed by atoms with Crippen molar-refractivity contribution in [3.8, 4) is 0 Å². The fourth-order valence-corrected chi connectivity index (χ4v) is 2.67. The van der Waals surface area contributed by atoms with Gasteiger partial charge < -0.3 is 4.98 Å². The Hall–Kier alpha value is -1.44. The van der Waals surface area contributed by atoms with E-state index in [2.05, 4.69) is 9.97 Å². The van der Waals surface area contributed by atoms with Crippen LogP contribution < -0.4 is 10.7 Å². The monoisotopic (exact) mass is 287 g/mol. The van der Waals surface area contributed by atoms with Crippen LogP contribution in [0.1, 0.15) is 12.7 Å². The Morgan fingerprint density at radius 3 is 2.67 bits per heavy atom. The summed E-state index contributed by atoms with van der Waals surface area (Å²) >= 11 is 5.82. The largest absolute Gasteiger partial charge is 0.310 e. The van der Waals surface area contributed by atoms with Crippen LogP contribution in [0.5, 0.6) is 0 Å². The fraction of sp³-hybridized carbons (Fsp3) is 0.200. The summed E-state index contributed by atoms with van der Waals surface area (Å²) in [5, 5.41) is 5.10. The lowest BCUT2D eigenvalue weighted by Crippen LogP contribution is -2.16. The molecule has 0 saturated heterocycles. The second-order valence-corrected chi connectivity index (χ2v) is 5.65. The third kappa shape index (κ3) is 2.24. The highest BCUT2D eigenvalue weighted by Gasteiger charge is 2.16. The first kappa shape index (κ1) is 13.0. The van der Waals surface area contributed by atoms with Gasteiger partial charge in [0.1, 0.15) is 10.7 Å². The van der Waals surface area contributed by atoms with E-state index in [9.17, 15) is 13.2 Å². The normalized spacial score (nSPS) is 11.9. The zero-order valence-corrected chi connectivity index (χ0v) is 11.0. The van der Waals surface area contributed by atoms with Crippen LogP contribution in [0.4, 0.5) is 0 Å². The molecule has 0 fully saturated rings. The summed E-state index contributed by atoms with van der Waals surface area (Å²) in [4.78, 5) is 18.2. The molecule has 3 N–H and O–H groups in total. The highest BCUT2D eigenvalue weighted by molar-refractivity contribution is 7.89. The van der Waals surface area contributed by atoms with E-state index in [1.54, 1.807) is 0 Å². The predicted octanol–water partition coefficient (Wildman–Crippen LogP) is 0.786. The third-order valence-electron chi connectivity index (χ3n) is 2.45. The van der Waals surface area contributed by atoms with E-state index in [0.29, 0.717) is 17.8 Å². The fourth-order valence-electron chi connectivity index (χ4n) is 1.57. The Balaban J connectivity index is 2.89. The van der Waals surface area contributed by atoms with Crippen LogP contribution in [0.2, 0.25) is 5.02 Å². The van der Waals surface area contributed by atoms with E-state index in [1.807, 2.05) is 6.92 Å². The van der Waals surface area contributed by atoms with Gasteiger partial charge in [0.2, 0.25) is 10.0 Å². The molecule has 0 unspecified atom stereocenters. The number of halogens is 1. The van der Waals surface area contributed by atoms with Gasteiger partial charge in [-0.25, -0.2) is 18.5 Å². The van der Waals surface area contributed by atoms with Gasteiger partial charge in [-0.05, 0) is 12.1 Å². The lowest BCUT2D eigenvalue weighted by Gasteiger charge is -2.05. The number of nitrogens with one attached hydrogen (secondary N) is 1. The highest BCUT2D eigenvalue weighted by Crippen LogP contribution is 2.24. The molecule has 8 heteroatoms. The van der Waals surface area contributed by atoms with Gasteiger partial charge in [0.15, 0.2) is 0 Å². The summed E-state index contributed by atoms with van der Waals surface area (Å²) in [7, 11) is -3.97. The molecule has 6 nitrogen and oxygen atoms in total. The molecule has 0 bridgehead atoms. The van der Waals surface area contributed by atoms with Crippen molar-refractivity contribution in [1.82, 2.24) is 9.97 Å². The van der Waals surface area contributed by atoms with Gasteiger partial charge in [-0.3, -0.25) is 4.79 Å². The van der Waals surface area contributed by atoms with Crippen molar-refractivity contribution in [2.75, 3.05) is 0 Å². The van der Waals surface area contributed by atoms with Gasteiger partial charge in [0.25, 0.3) is 5.56 Å². The molecule has 0 aliphatic rings. The highest BCUT2D eigenvalue weighted by atomic mass is 35.5. The molecule has 0 aliphatic carbocycles. The Labute approximate surface area is 108 Å². The van der Waals surface area contributed by atoms with Crippen molar-refractivity contribution in [2.24, 2.45) is 5.14 Å². The molecule has 2 rings (SSSR count). The van der Waals surface area contributed by atoms with E-state index in [-0.39, 0.29) is 15.3 Å². The van der Waals surface area contributed by atoms with Crippen molar-refractivity contribution in [3.63, 3.8) is 0 Å². The van der Waals surface area contributed by atoms with Gasteiger partial charge in [0, 0.05) is 6.42 Å². The predicted molar refractivity (Wildman–Crippen MR) is 68.1 cm³/mol. The van der Waals surface area contributed by atoms with Crippen LogP contribution in [0.3, 0.4) is 0 Å². The zero-order valence-electron chi connectivity index (χ0n) is 9.40. The van der Waals surface area contributed by atoms with E-state index in [4.69, 9.17) is 16.7 Å². The van der Waals surface area contributed by atoms with E-state index in [1.165, 1.54) is 6.07 Å². The lowest BCUT2D eigenvalue weighted by molar-refractivity contribution is 0.598. The number of nitrogens with two attached hydrogens (primary N) is 1. The van der Waals surface area contributed by atoms with Crippen molar-refractivity contribution in [3.05, 3.63) is 33.3 Å². The molecular weight excluding hydrogens is 278 g/mol. The molecular formula is C10H10ClN3O3S. The number of aryl methyl sites for hydroxylation is 1. The molecule has 0 saturated carbocycles. The maximum atomic E-state index is 11.8. The number of sulfonamides is 1. The number of aromatic nitrogens is 2. The van der Waals surface area contributed by atoms with Crippen molar-refractivity contribution >= 4 is 32.5 Å². The number of hydrogen-bond donors (Lipinski definition) is 2.